The lowest BCUT2D eigenvalue weighted by Crippen LogP contribution is -2.22. The van der Waals surface area contributed by atoms with Crippen LogP contribution in [-0.4, -0.2) is 23.5 Å². The summed E-state index contributed by atoms with van der Waals surface area (Å²) in [6.07, 6.45) is 3.98. The fourth-order valence-corrected chi connectivity index (χ4v) is 2.64. The van der Waals surface area contributed by atoms with Gasteiger partial charge in [-0.1, -0.05) is 19.1 Å². The van der Waals surface area contributed by atoms with Crippen LogP contribution in [0.4, 0.5) is 0 Å². The first-order valence-electron chi connectivity index (χ1n) is 5.92. The van der Waals surface area contributed by atoms with E-state index in [9.17, 15) is 0 Å². The Morgan fingerprint density at radius 2 is 2.24 bits per heavy atom. The van der Waals surface area contributed by atoms with Gasteiger partial charge in [-0.25, -0.2) is 0 Å². The number of pyridine rings is 1. The lowest BCUT2D eigenvalue weighted by Gasteiger charge is -2.17. The van der Waals surface area contributed by atoms with Crippen LogP contribution in [0.15, 0.2) is 36.5 Å². The van der Waals surface area contributed by atoms with Crippen molar-refractivity contribution in [3.05, 3.63) is 42.1 Å². The van der Waals surface area contributed by atoms with Crippen LogP contribution in [0.3, 0.4) is 0 Å². The second-order valence-electron chi connectivity index (χ2n) is 4.02. The first-order valence-corrected chi connectivity index (χ1v) is 7.31. The number of thioether (sulfide) groups is 1. The molecule has 17 heavy (non-hydrogen) atoms. The fraction of sp³-hybridized carbons (Fsp3) is 0.357. The third-order valence-electron chi connectivity index (χ3n) is 2.81. The van der Waals surface area contributed by atoms with Gasteiger partial charge in [0.25, 0.3) is 0 Å². The van der Waals surface area contributed by atoms with Crippen molar-refractivity contribution < 1.29 is 0 Å². The molecular weight excluding hydrogens is 228 g/mol. The largest absolute Gasteiger partial charge is 0.310 e. The van der Waals surface area contributed by atoms with E-state index in [1.165, 1.54) is 10.9 Å². The average molecular weight is 246 g/mol. The van der Waals surface area contributed by atoms with Crippen molar-refractivity contribution in [3.63, 3.8) is 0 Å². The van der Waals surface area contributed by atoms with Crippen LogP contribution < -0.4 is 5.32 Å². The molecule has 2 rings (SSSR count). The van der Waals surface area contributed by atoms with Crippen LogP contribution in [0.5, 0.6) is 0 Å². The van der Waals surface area contributed by atoms with Gasteiger partial charge in [-0.2, -0.15) is 11.8 Å². The van der Waals surface area contributed by atoms with E-state index in [1.807, 2.05) is 24.0 Å². The summed E-state index contributed by atoms with van der Waals surface area (Å²) in [6.45, 7) is 3.15. The van der Waals surface area contributed by atoms with Gasteiger partial charge in [0.2, 0.25) is 0 Å². The minimum Gasteiger partial charge on any atom is -0.310 e. The van der Waals surface area contributed by atoms with Crippen molar-refractivity contribution in [3.8, 4) is 0 Å². The van der Waals surface area contributed by atoms with Crippen LogP contribution in [0.25, 0.3) is 10.9 Å². The molecule has 0 aliphatic heterocycles. The first-order chi connectivity index (χ1) is 8.35. The molecule has 1 heterocycles. The van der Waals surface area contributed by atoms with Gasteiger partial charge in [0.05, 0.1) is 5.52 Å². The van der Waals surface area contributed by atoms with E-state index in [0.29, 0.717) is 6.04 Å². The van der Waals surface area contributed by atoms with Gasteiger partial charge in [0.1, 0.15) is 0 Å². The normalized spacial score (nSPS) is 12.8. The van der Waals surface area contributed by atoms with E-state index < -0.39 is 0 Å². The molecule has 2 nitrogen and oxygen atoms in total. The van der Waals surface area contributed by atoms with Crippen molar-refractivity contribution in [1.82, 2.24) is 10.3 Å². The number of nitrogens with one attached hydrogen (secondary N) is 1. The van der Waals surface area contributed by atoms with Crippen LogP contribution in [0.2, 0.25) is 0 Å². The van der Waals surface area contributed by atoms with Crippen molar-refractivity contribution in [2.45, 2.75) is 13.0 Å². The Morgan fingerprint density at radius 1 is 1.35 bits per heavy atom. The minimum absolute atomic E-state index is 0.430. The second-order valence-corrected chi connectivity index (χ2v) is 4.93. The van der Waals surface area contributed by atoms with Gasteiger partial charge in [-0.05, 0) is 36.6 Å². The SMILES string of the molecule is CCNC(CSC)c1ccc2ncccc2c1. The Bertz CT molecular complexity index is 478. The maximum absolute atomic E-state index is 4.35. The van der Waals surface area contributed by atoms with E-state index >= 15 is 0 Å². The quantitative estimate of drug-likeness (QED) is 0.876. The summed E-state index contributed by atoms with van der Waals surface area (Å²) in [5, 5.41) is 4.74. The highest BCUT2D eigenvalue weighted by molar-refractivity contribution is 7.98. The van der Waals surface area contributed by atoms with Crippen LogP contribution >= 0.6 is 11.8 Å². The number of fused-ring (bicyclic) bond motifs is 1. The summed E-state index contributed by atoms with van der Waals surface area (Å²) in [6, 6.07) is 11.1. The van der Waals surface area contributed by atoms with E-state index in [1.54, 1.807) is 0 Å². The van der Waals surface area contributed by atoms with Crippen LogP contribution in [0, 0.1) is 0 Å². The average Bonchev–Trinajstić information content (AvgIpc) is 2.38. The molecular formula is C14H18N2S. The molecule has 0 spiro atoms. The molecule has 1 N–H and O–H groups in total. The smallest absolute Gasteiger partial charge is 0.0702 e. The lowest BCUT2D eigenvalue weighted by molar-refractivity contribution is 0.607. The summed E-state index contributed by atoms with van der Waals surface area (Å²) >= 11 is 1.87. The van der Waals surface area contributed by atoms with Gasteiger partial charge in [-0.15, -0.1) is 0 Å². The molecule has 0 aliphatic carbocycles. The Morgan fingerprint density at radius 3 is 3.00 bits per heavy atom. The molecule has 0 bridgehead atoms. The predicted octanol–water partition coefficient (Wildman–Crippen LogP) is 3.25. The first kappa shape index (κ1) is 12.4. The summed E-state index contributed by atoms with van der Waals surface area (Å²) in [5.41, 5.74) is 2.41. The van der Waals surface area contributed by atoms with Crippen molar-refractivity contribution in [1.29, 1.82) is 0 Å². The zero-order valence-corrected chi connectivity index (χ0v) is 11.1. The molecule has 3 heteroatoms. The van der Waals surface area contributed by atoms with Gasteiger partial charge in [-0.3, -0.25) is 4.98 Å². The Hall–Kier alpha value is -1.06. The van der Waals surface area contributed by atoms with Crippen LogP contribution in [-0.2, 0) is 0 Å². The van der Waals surface area contributed by atoms with Crippen LogP contribution in [0.1, 0.15) is 18.5 Å². The number of hydrogen-bond acceptors (Lipinski definition) is 3. The molecule has 0 saturated heterocycles. The molecule has 1 unspecified atom stereocenters. The molecule has 0 radical (unpaired) electrons. The number of nitrogens with zero attached hydrogens (tertiary/aromatic N) is 1. The second kappa shape index (κ2) is 6.03. The van der Waals surface area contributed by atoms with Gasteiger partial charge < -0.3 is 5.32 Å². The third kappa shape index (κ3) is 2.99. The fourth-order valence-electron chi connectivity index (χ4n) is 2.00. The summed E-state index contributed by atoms with van der Waals surface area (Å²) < 4.78 is 0. The predicted molar refractivity (Wildman–Crippen MR) is 76.5 cm³/mol. The summed E-state index contributed by atoms with van der Waals surface area (Å²) in [4.78, 5) is 4.35. The van der Waals surface area contributed by atoms with Crippen molar-refractivity contribution in [2.24, 2.45) is 0 Å². The summed E-state index contributed by atoms with van der Waals surface area (Å²) in [5.74, 6) is 1.10. The molecule has 90 valence electrons. The lowest BCUT2D eigenvalue weighted by atomic mass is 10.1. The number of aromatic nitrogens is 1. The van der Waals surface area contributed by atoms with E-state index in [4.69, 9.17) is 0 Å². The molecule has 1 atom stereocenters. The zero-order chi connectivity index (χ0) is 12.1. The van der Waals surface area contributed by atoms with Gasteiger partial charge >= 0.3 is 0 Å². The van der Waals surface area contributed by atoms with E-state index in [0.717, 1.165) is 17.8 Å². The standard InChI is InChI=1S/C14H18N2S/c1-3-15-14(10-17-2)12-6-7-13-11(9-12)5-4-8-16-13/h4-9,14-15H,3,10H2,1-2H3. The highest BCUT2D eigenvalue weighted by Crippen LogP contribution is 2.21. The number of hydrogen-bond donors (Lipinski definition) is 1. The topological polar surface area (TPSA) is 24.9 Å². The molecule has 1 aromatic carbocycles. The zero-order valence-electron chi connectivity index (χ0n) is 10.3. The van der Waals surface area contributed by atoms with E-state index in [-0.39, 0.29) is 0 Å². The molecule has 0 saturated carbocycles. The number of rotatable bonds is 5. The summed E-state index contributed by atoms with van der Waals surface area (Å²) in [7, 11) is 0. The Labute approximate surface area is 107 Å². The van der Waals surface area contributed by atoms with Gasteiger partial charge in [0, 0.05) is 23.4 Å². The Balaban J connectivity index is 2.32. The monoisotopic (exact) mass is 246 g/mol. The third-order valence-corrected chi connectivity index (χ3v) is 3.48. The molecule has 2 aromatic rings. The van der Waals surface area contributed by atoms with Crippen molar-refractivity contribution in [2.75, 3.05) is 18.6 Å². The highest BCUT2D eigenvalue weighted by atomic mass is 32.2. The molecule has 0 fully saturated rings. The van der Waals surface area contributed by atoms with Crippen molar-refractivity contribution >= 4 is 22.7 Å². The molecule has 0 aliphatic rings. The van der Waals surface area contributed by atoms with E-state index in [2.05, 4.69) is 47.7 Å². The number of benzene rings is 1. The molecule has 1 aromatic heterocycles. The maximum atomic E-state index is 4.35. The Kier molecular flexibility index (Phi) is 4.40. The molecule has 0 amide bonds. The maximum Gasteiger partial charge on any atom is 0.0702 e. The van der Waals surface area contributed by atoms with Gasteiger partial charge in [0.15, 0.2) is 0 Å². The minimum atomic E-state index is 0.430. The highest BCUT2D eigenvalue weighted by Gasteiger charge is 2.09.